The van der Waals surface area contributed by atoms with E-state index in [-0.39, 0.29) is 5.41 Å². The predicted octanol–water partition coefficient (Wildman–Crippen LogP) is 5.26. The number of hydrogen-bond acceptors (Lipinski definition) is 2. The Bertz CT molecular complexity index is 759. The maximum absolute atomic E-state index is 12.9. The molecule has 0 spiro atoms. The van der Waals surface area contributed by atoms with Crippen molar-refractivity contribution in [2.75, 3.05) is 0 Å². The van der Waals surface area contributed by atoms with Crippen molar-refractivity contribution in [3.05, 3.63) is 58.7 Å². The molecule has 1 aliphatic carbocycles. The number of ketones is 1. The molecule has 0 saturated heterocycles. The van der Waals surface area contributed by atoms with Crippen LogP contribution < -0.4 is 0 Å². The zero-order valence-corrected chi connectivity index (χ0v) is 13.9. The summed E-state index contributed by atoms with van der Waals surface area (Å²) in [6.45, 7) is 4.41. The zero-order chi connectivity index (χ0) is 15.3. The van der Waals surface area contributed by atoms with Crippen LogP contribution >= 0.6 is 11.8 Å². The molecular weight excluding hydrogens is 288 g/mol. The van der Waals surface area contributed by atoms with Crippen molar-refractivity contribution >= 4 is 17.5 Å². The van der Waals surface area contributed by atoms with Gasteiger partial charge < -0.3 is 0 Å². The van der Waals surface area contributed by atoms with Gasteiger partial charge in [0.1, 0.15) is 0 Å². The van der Waals surface area contributed by atoms with Gasteiger partial charge >= 0.3 is 0 Å². The van der Waals surface area contributed by atoms with Gasteiger partial charge in [0, 0.05) is 23.5 Å². The van der Waals surface area contributed by atoms with Gasteiger partial charge in [0.25, 0.3) is 0 Å². The smallest absolute Gasteiger partial charge is 0.164 e. The van der Waals surface area contributed by atoms with Gasteiger partial charge in [0.2, 0.25) is 0 Å². The van der Waals surface area contributed by atoms with Crippen LogP contribution in [0.5, 0.6) is 0 Å². The third kappa shape index (κ3) is 2.21. The molecule has 22 heavy (non-hydrogen) atoms. The molecule has 1 aliphatic heterocycles. The van der Waals surface area contributed by atoms with Crippen LogP contribution in [0.3, 0.4) is 0 Å². The van der Waals surface area contributed by atoms with Gasteiger partial charge in [0.15, 0.2) is 5.78 Å². The number of Topliss-reactive ketones (excluding diaryl/α,β-unsaturated/α-hetero) is 1. The van der Waals surface area contributed by atoms with E-state index in [0.717, 1.165) is 23.5 Å². The molecule has 2 aliphatic rings. The van der Waals surface area contributed by atoms with Crippen molar-refractivity contribution in [2.24, 2.45) is 5.41 Å². The van der Waals surface area contributed by atoms with E-state index >= 15 is 0 Å². The molecule has 2 aromatic carbocycles. The summed E-state index contributed by atoms with van der Waals surface area (Å²) in [5, 5.41) is 0. The van der Waals surface area contributed by atoms with E-state index in [1.807, 2.05) is 17.8 Å². The molecular formula is C20H20OS. The van der Waals surface area contributed by atoms with Gasteiger partial charge in [-0.25, -0.2) is 0 Å². The number of benzene rings is 2. The van der Waals surface area contributed by atoms with E-state index in [1.54, 1.807) is 0 Å². The number of fused-ring (bicyclic) bond motifs is 2. The van der Waals surface area contributed by atoms with Crippen LogP contribution in [0.25, 0.3) is 11.1 Å². The summed E-state index contributed by atoms with van der Waals surface area (Å²) in [7, 11) is 0. The van der Waals surface area contributed by atoms with Crippen molar-refractivity contribution in [3.8, 4) is 11.1 Å². The zero-order valence-electron chi connectivity index (χ0n) is 13.1. The van der Waals surface area contributed by atoms with Gasteiger partial charge in [0.05, 0.1) is 0 Å². The Morgan fingerprint density at radius 2 is 1.73 bits per heavy atom. The minimum atomic E-state index is 0.0814. The summed E-state index contributed by atoms with van der Waals surface area (Å²) < 4.78 is 0. The van der Waals surface area contributed by atoms with Crippen LogP contribution in [-0.4, -0.2) is 5.78 Å². The van der Waals surface area contributed by atoms with Gasteiger partial charge in [-0.15, -0.1) is 0 Å². The Morgan fingerprint density at radius 1 is 0.955 bits per heavy atom. The van der Waals surface area contributed by atoms with Gasteiger partial charge in [-0.1, -0.05) is 50.2 Å². The van der Waals surface area contributed by atoms with Crippen LogP contribution in [0.15, 0.2) is 36.4 Å². The quantitative estimate of drug-likeness (QED) is 0.715. The summed E-state index contributed by atoms with van der Waals surface area (Å²) >= 11 is 1.96. The Labute approximate surface area is 136 Å². The SMILES string of the molecule is CC1(C)CC(=O)c2c(cc3c(c2-c2ccccc2)CSC3)C1. The summed E-state index contributed by atoms with van der Waals surface area (Å²) in [5.41, 5.74) is 7.60. The van der Waals surface area contributed by atoms with Crippen molar-refractivity contribution in [2.45, 2.75) is 38.2 Å². The Kier molecular flexibility index (Phi) is 3.19. The van der Waals surface area contributed by atoms with E-state index in [4.69, 9.17) is 0 Å². The summed E-state index contributed by atoms with van der Waals surface area (Å²) in [6, 6.07) is 12.8. The van der Waals surface area contributed by atoms with Gasteiger partial charge in [-0.05, 0) is 39.7 Å². The fourth-order valence-corrected chi connectivity index (χ4v) is 4.99. The number of hydrogen-bond donors (Lipinski definition) is 0. The molecule has 0 bridgehead atoms. The molecule has 0 aromatic heterocycles. The molecule has 1 heterocycles. The lowest BCUT2D eigenvalue weighted by molar-refractivity contribution is 0.0913. The number of carbonyl (C=O) groups excluding carboxylic acids is 1. The highest BCUT2D eigenvalue weighted by atomic mass is 32.2. The van der Waals surface area contributed by atoms with Crippen LogP contribution in [0.4, 0.5) is 0 Å². The molecule has 2 aromatic rings. The third-order valence-corrected chi connectivity index (χ3v) is 5.77. The average Bonchev–Trinajstić information content (AvgIpc) is 2.92. The fourth-order valence-electron chi connectivity index (χ4n) is 3.88. The second-order valence-corrected chi connectivity index (χ2v) is 8.21. The Hall–Kier alpha value is -1.54. The summed E-state index contributed by atoms with van der Waals surface area (Å²) in [4.78, 5) is 12.9. The molecule has 2 heteroatoms. The first kappa shape index (κ1) is 14.1. The molecule has 0 unspecified atom stereocenters. The van der Waals surface area contributed by atoms with Crippen molar-refractivity contribution < 1.29 is 4.79 Å². The van der Waals surface area contributed by atoms with Crippen molar-refractivity contribution in [1.29, 1.82) is 0 Å². The van der Waals surface area contributed by atoms with Gasteiger partial charge in [-0.2, -0.15) is 11.8 Å². The fraction of sp³-hybridized carbons (Fsp3) is 0.350. The second-order valence-electron chi connectivity index (χ2n) is 7.22. The lowest BCUT2D eigenvalue weighted by Gasteiger charge is -2.32. The molecule has 0 fully saturated rings. The number of carbonyl (C=O) groups is 1. The minimum Gasteiger partial charge on any atom is -0.294 e. The monoisotopic (exact) mass is 308 g/mol. The molecule has 0 radical (unpaired) electrons. The Morgan fingerprint density at radius 3 is 2.50 bits per heavy atom. The van der Waals surface area contributed by atoms with Crippen molar-refractivity contribution in [3.63, 3.8) is 0 Å². The molecule has 0 amide bonds. The second kappa shape index (κ2) is 4.99. The molecule has 1 nitrogen and oxygen atoms in total. The van der Waals surface area contributed by atoms with Crippen LogP contribution in [0.1, 0.15) is 47.3 Å². The maximum atomic E-state index is 12.9. The van der Waals surface area contributed by atoms with E-state index in [2.05, 4.69) is 44.2 Å². The number of thioether (sulfide) groups is 1. The highest BCUT2D eigenvalue weighted by Crippen LogP contribution is 2.45. The minimum absolute atomic E-state index is 0.0814. The van der Waals surface area contributed by atoms with Gasteiger partial charge in [-0.3, -0.25) is 4.79 Å². The molecule has 0 atom stereocenters. The largest absolute Gasteiger partial charge is 0.294 e. The van der Waals surface area contributed by atoms with E-state index in [1.165, 1.54) is 27.8 Å². The predicted molar refractivity (Wildman–Crippen MR) is 93.3 cm³/mol. The van der Waals surface area contributed by atoms with Crippen LogP contribution in [0, 0.1) is 5.41 Å². The lowest BCUT2D eigenvalue weighted by Crippen LogP contribution is -2.28. The Balaban J connectivity index is 2.02. The molecule has 4 rings (SSSR count). The topological polar surface area (TPSA) is 17.1 Å². The first-order valence-electron chi connectivity index (χ1n) is 7.89. The highest BCUT2D eigenvalue weighted by Gasteiger charge is 2.35. The first-order chi connectivity index (χ1) is 10.6. The highest BCUT2D eigenvalue weighted by molar-refractivity contribution is 7.98. The first-order valence-corrected chi connectivity index (χ1v) is 9.05. The van der Waals surface area contributed by atoms with E-state index < -0.39 is 0 Å². The molecule has 0 N–H and O–H groups in total. The average molecular weight is 308 g/mol. The normalized spacial score (nSPS) is 18.9. The summed E-state index contributed by atoms with van der Waals surface area (Å²) in [6.07, 6.45) is 1.66. The molecule has 0 saturated carbocycles. The number of rotatable bonds is 1. The van der Waals surface area contributed by atoms with Crippen LogP contribution in [0.2, 0.25) is 0 Å². The maximum Gasteiger partial charge on any atom is 0.164 e. The van der Waals surface area contributed by atoms with Crippen molar-refractivity contribution in [1.82, 2.24) is 0 Å². The van der Waals surface area contributed by atoms with E-state index in [9.17, 15) is 4.79 Å². The molecule has 112 valence electrons. The van der Waals surface area contributed by atoms with E-state index in [0.29, 0.717) is 12.2 Å². The third-order valence-electron chi connectivity index (χ3n) is 4.76. The standard InChI is InChI=1S/C20H20OS/c1-20(2)9-14-8-15-11-22-12-16(15)18(19(14)17(21)10-20)13-6-4-3-5-7-13/h3-8H,9-12H2,1-2H3. The lowest BCUT2D eigenvalue weighted by atomic mass is 9.71. The van der Waals surface area contributed by atoms with Crippen LogP contribution in [-0.2, 0) is 17.9 Å². The summed E-state index contributed by atoms with van der Waals surface area (Å²) in [5.74, 6) is 2.44.